The van der Waals surface area contributed by atoms with Gasteiger partial charge in [-0.1, -0.05) is 84.9 Å². The zero-order valence-electron chi connectivity index (χ0n) is 28.1. The molecule has 0 aromatic heterocycles. The predicted octanol–water partition coefficient (Wildman–Crippen LogP) is 4.33. The third-order valence-electron chi connectivity index (χ3n) is 8.93. The first-order valence-electron chi connectivity index (χ1n) is 16.3. The highest BCUT2D eigenvalue weighted by molar-refractivity contribution is 6.60. The van der Waals surface area contributed by atoms with Crippen LogP contribution < -0.4 is 20.4 Å². The lowest BCUT2D eigenvalue weighted by Crippen LogP contribution is -2.56. The van der Waals surface area contributed by atoms with E-state index in [-0.39, 0.29) is 24.3 Å². The Labute approximate surface area is 290 Å². The summed E-state index contributed by atoms with van der Waals surface area (Å²) in [5.41, 5.74) is 0.0690. The minimum absolute atomic E-state index is 0.0817. The number of hydrogen-bond acceptors (Lipinski definition) is 10. The Morgan fingerprint density at radius 1 is 0.720 bits per heavy atom. The molecule has 0 fully saturated rings. The van der Waals surface area contributed by atoms with Gasteiger partial charge in [0.15, 0.2) is 0 Å². The van der Waals surface area contributed by atoms with Gasteiger partial charge in [-0.2, -0.15) is 0 Å². The molecule has 1 aliphatic rings. The summed E-state index contributed by atoms with van der Waals surface area (Å²) in [5.74, 6) is -1.49. The predicted molar refractivity (Wildman–Crippen MR) is 189 cm³/mol. The molecule has 0 saturated carbocycles. The fraction of sp³-hybridized carbons (Fsp3) is 0.237. The number of ether oxygens (including phenoxy) is 3. The molecule has 0 aliphatic heterocycles. The Hall–Kier alpha value is -5.00. The maximum absolute atomic E-state index is 12.8. The van der Waals surface area contributed by atoms with Crippen LogP contribution in [0.1, 0.15) is 51.3 Å². The van der Waals surface area contributed by atoms with Crippen LogP contribution in [0.3, 0.4) is 0 Å². The van der Waals surface area contributed by atoms with Crippen molar-refractivity contribution in [2.75, 3.05) is 0 Å². The second-order valence-electron chi connectivity index (χ2n) is 12.4. The maximum atomic E-state index is 12.8. The van der Waals surface area contributed by atoms with Crippen molar-refractivity contribution < 1.29 is 48.0 Å². The van der Waals surface area contributed by atoms with Crippen LogP contribution >= 0.6 is 0 Å². The number of fused-ring (bicyclic) bond motifs is 3. The zero-order valence-corrected chi connectivity index (χ0v) is 28.1. The van der Waals surface area contributed by atoms with Gasteiger partial charge in [-0.3, -0.25) is 14.4 Å². The van der Waals surface area contributed by atoms with Crippen LogP contribution in [0.5, 0.6) is 11.5 Å². The fourth-order valence-electron chi connectivity index (χ4n) is 6.73. The fourth-order valence-corrected chi connectivity index (χ4v) is 6.73. The van der Waals surface area contributed by atoms with Crippen LogP contribution in [0.2, 0.25) is 0 Å². The average Bonchev–Trinajstić information content (AvgIpc) is 3.09. The lowest BCUT2D eigenvalue weighted by Gasteiger charge is -2.46. The molecule has 12 heteroatoms. The standard InChI is InChI=1S/C38H36B2O10/c1-23(46-24(2)41)38(50-40(45)30-17-9-6-10-18-30)21-33-35(34(22-38)49-39(44)29-15-7-5-8-16-29)37(48-26(4)43)32-20-28-14-12-11-13-27(28)19-31(32)36(33)47-25(3)42/h5-20,23,34,44-45H,21-22H2,1-4H3/t23-,34+,38+/m1/s1. The van der Waals surface area contributed by atoms with E-state index in [0.29, 0.717) is 32.8 Å². The molecule has 3 atom stereocenters. The summed E-state index contributed by atoms with van der Waals surface area (Å²) in [6.45, 7) is 5.47. The third-order valence-corrected chi connectivity index (χ3v) is 8.93. The van der Waals surface area contributed by atoms with Gasteiger partial charge in [-0.25, -0.2) is 0 Å². The Bertz CT molecular complexity index is 2060. The molecule has 10 nitrogen and oxygen atoms in total. The molecule has 6 rings (SSSR count). The van der Waals surface area contributed by atoms with Crippen molar-refractivity contribution in [2.45, 2.75) is 58.3 Å². The molecule has 0 bridgehead atoms. The number of carbonyl (C=O) groups excluding carboxylic acids is 3. The van der Waals surface area contributed by atoms with Crippen molar-refractivity contribution in [3.8, 4) is 11.5 Å². The molecule has 1 aliphatic carbocycles. The van der Waals surface area contributed by atoms with Crippen molar-refractivity contribution >= 4 is 64.6 Å². The summed E-state index contributed by atoms with van der Waals surface area (Å²) >= 11 is 0. The Morgan fingerprint density at radius 2 is 1.22 bits per heavy atom. The summed E-state index contributed by atoms with van der Waals surface area (Å²) < 4.78 is 30.7. The number of hydrogen-bond donors (Lipinski definition) is 2. The quantitative estimate of drug-likeness (QED) is 0.0954. The van der Waals surface area contributed by atoms with Crippen LogP contribution in [0.25, 0.3) is 21.5 Å². The van der Waals surface area contributed by atoms with E-state index in [1.807, 2.05) is 36.4 Å². The molecule has 2 N–H and O–H groups in total. The minimum atomic E-state index is -1.53. The van der Waals surface area contributed by atoms with Crippen LogP contribution in [-0.2, 0) is 34.9 Å². The smallest absolute Gasteiger partial charge is 0.460 e. The topological polar surface area (TPSA) is 138 Å². The molecule has 5 aromatic rings. The van der Waals surface area contributed by atoms with Gasteiger partial charge in [0.1, 0.15) is 17.6 Å². The highest BCUT2D eigenvalue weighted by atomic mass is 16.6. The molecule has 5 aromatic carbocycles. The van der Waals surface area contributed by atoms with E-state index in [4.69, 9.17) is 23.5 Å². The van der Waals surface area contributed by atoms with Crippen molar-refractivity contribution in [1.82, 2.24) is 0 Å². The molecule has 0 saturated heterocycles. The molecule has 0 radical (unpaired) electrons. The zero-order chi connectivity index (χ0) is 35.6. The Morgan fingerprint density at radius 3 is 1.76 bits per heavy atom. The van der Waals surface area contributed by atoms with Crippen molar-refractivity contribution in [3.63, 3.8) is 0 Å². The lowest BCUT2D eigenvalue weighted by molar-refractivity contribution is -0.163. The summed E-state index contributed by atoms with van der Waals surface area (Å²) in [6, 6.07) is 28.7. The van der Waals surface area contributed by atoms with Crippen molar-refractivity contribution in [2.24, 2.45) is 0 Å². The third kappa shape index (κ3) is 7.15. The molecule has 0 spiro atoms. The number of rotatable bonds is 10. The second kappa shape index (κ2) is 14.5. The molecule has 0 heterocycles. The van der Waals surface area contributed by atoms with Crippen LogP contribution in [-0.4, -0.2) is 53.9 Å². The molecule has 254 valence electrons. The van der Waals surface area contributed by atoms with Gasteiger partial charge in [0.25, 0.3) is 0 Å². The van der Waals surface area contributed by atoms with Crippen LogP contribution in [0.4, 0.5) is 0 Å². The van der Waals surface area contributed by atoms with Crippen molar-refractivity contribution in [1.29, 1.82) is 0 Å². The van der Waals surface area contributed by atoms with Crippen LogP contribution in [0.15, 0.2) is 97.1 Å². The van der Waals surface area contributed by atoms with E-state index in [1.54, 1.807) is 67.6 Å². The monoisotopic (exact) mass is 674 g/mol. The summed E-state index contributed by atoms with van der Waals surface area (Å²) in [4.78, 5) is 38.0. The van der Waals surface area contributed by atoms with Gasteiger partial charge in [-0.15, -0.1) is 0 Å². The number of carbonyl (C=O) groups is 3. The van der Waals surface area contributed by atoms with Gasteiger partial charge < -0.3 is 33.6 Å². The molecule has 50 heavy (non-hydrogen) atoms. The van der Waals surface area contributed by atoms with Gasteiger partial charge >= 0.3 is 32.1 Å². The lowest BCUT2D eigenvalue weighted by atomic mass is 9.70. The van der Waals surface area contributed by atoms with E-state index in [1.165, 1.54) is 20.8 Å². The number of benzene rings is 5. The summed E-state index contributed by atoms with van der Waals surface area (Å²) in [5, 5.41) is 25.6. The molecule has 0 unspecified atom stereocenters. The van der Waals surface area contributed by atoms with Gasteiger partial charge in [0.2, 0.25) is 0 Å². The first-order chi connectivity index (χ1) is 24.0. The maximum Gasteiger partial charge on any atom is 0.491 e. The van der Waals surface area contributed by atoms with E-state index in [0.717, 1.165) is 10.8 Å². The van der Waals surface area contributed by atoms with Gasteiger partial charge in [0, 0.05) is 55.5 Å². The highest BCUT2D eigenvalue weighted by Gasteiger charge is 2.51. The first kappa shape index (κ1) is 34.8. The molecule has 0 amide bonds. The normalized spacial score (nSPS) is 17.4. The van der Waals surface area contributed by atoms with Gasteiger partial charge in [0.05, 0.1) is 11.7 Å². The second-order valence-corrected chi connectivity index (χ2v) is 12.4. The Kier molecular flexibility index (Phi) is 10.1. The summed E-state index contributed by atoms with van der Waals surface area (Å²) in [6.07, 6.45) is -2.29. The van der Waals surface area contributed by atoms with Gasteiger partial charge in [-0.05, 0) is 40.8 Å². The van der Waals surface area contributed by atoms with Crippen molar-refractivity contribution in [3.05, 3.63) is 108 Å². The average molecular weight is 674 g/mol. The van der Waals surface area contributed by atoms with Crippen LogP contribution in [0, 0.1) is 0 Å². The summed E-state index contributed by atoms with van der Waals surface area (Å²) in [7, 11) is -2.95. The minimum Gasteiger partial charge on any atom is -0.460 e. The van der Waals surface area contributed by atoms with E-state index in [9.17, 15) is 24.4 Å². The van der Waals surface area contributed by atoms with E-state index < -0.39 is 50.0 Å². The first-order valence-corrected chi connectivity index (χ1v) is 16.3. The SMILES string of the molecule is CC(=O)Oc1c2c(c(OC(C)=O)c3cc4ccccc4cc13)[C@@H](OB(O)c1ccccc1)C[C@](OB(O)c1ccccc1)([C@@H](C)OC(C)=O)C2. The van der Waals surface area contributed by atoms with E-state index in [2.05, 4.69) is 0 Å². The Balaban J connectivity index is 1.66. The molecular formula is C38H36B2O10. The largest absolute Gasteiger partial charge is 0.491 e. The number of esters is 3. The van der Waals surface area contributed by atoms with E-state index >= 15 is 0 Å². The highest BCUT2D eigenvalue weighted by Crippen LogP contribution is 2.53. The molecular weight excluding hydrogens is 638 g/mol.